The van der Waals surface area contributed by atoms with E-state index >= 15 is 0 Å². The summed E-state index contributed by atoms with van der Waals surface area (Å²) in [4.78, 5) is 10.8. The van der Waals surface area contributed by atoms with E-state index in [1.807, 2.05) is 6.92 Å². The molecular weight excluding hydrogens is 264 g/mol. The van der Waals surface area contributed by atoms with Crippen LogP contribution in [0.15, 0.2) is 0 Å². The van der Waals surface area contributed by atoms with E-state index in [-0.39, 0.29) is 4.69 Å². The fourth-order valence-corrected chi connectivity index (χ4v) is 0.752. The Morgan fingerprint density at radius 2 is 2.20 bits per heavy atom. The van der Waals surface area contributed by atoms with E-state index in [1.54, 1.807) is 7.11 Å². The number of carbonyl (C=O) groups is 1. The summed E-state index contributed by atoms with van der Waals surface area (Å²) in [7, 11) is 1.61. The predicted octanol–water partition coefficient (Wildman–Crippen LogP) is 2.10. The van der Waals surface area contributed by atoms with Crippen molar-refractivity contribution < 1.29 is 9.53 Å². The van der Waals surface area contributed by atoms with Gasteiger partial charge in [-0.05, 0) is 29.3 Å². The van der Waals surface area contributed by atoms with Gasteiger partial charge in [0.25, 0.3) is 0 Å². The molecule has 0 radical (unpaired) electrons. The van der Waals surface area contributed by atoms with Gasteiger partial charge in [-0.15, -0.1) is 0 Å². The Labute approximate surface area is 77.6 Å². The second-order valence-corrected chi connectivity index (χ2v) is 4.68. The zero-order valence-electron chi connectivity index (χ0n) is 5.99. The third-order valence-electron chi connectivity index (χ3n) is 1.19. The monoisotopic (exact) mass is 272 g/mol. The molecule has 1 unspecified atom stereocenters. The summed E-state index contributed by atoms with van der Waals surface area (Å²) in [6.45, 7) is 2.39. The maximum absolute atomic E-state index is 10.8. The minimum absolute atomic E-state index is 0.0444. The molecule has 0 N–H and O–H groups in total. The lowest BCUT2D eigenvalue weighted by atomic mass is 10.1. The molecule has 1 atom stereocenters. The van der Waals surface area contributed by atoms with Crippen molar-refractivity contribution in [2.45, 2.75) is 17.7 Å². The molecule has 0 aliphatic carbocycles. The van der Waals surface area contributed by atoms with Crippen molar-refractivity contribution in [3.05, 3.63) is 0 Å². The summed E-state index contributed by atoms with van der Waals surface area (Å²) in [6.07, 6.45) is 0.674. The molecule has 2 nitrogen and oxygen atoms in total. The van der Waals surface area contributed by atoms with Gasteiger partial charge >= 0.3 is 0 Å². The van der Waals surface area contributed by atoms with E-state index in [1.165, 1.54) is 0 Å². The molecule has 0 aliphatic rings. The highest BCUT2D eigenvalue weighted by molar-refractivity contribution is 9.20. The Bertz CT molecular complexity index is 123. The van der Waals surface area contributed by atoms with Crippen LogP contribution in [-0.2, 0) is 9.53 Å². The van der Waals surface area contributed by atoms with Gasteiger partial charge in [-0.3, -0.25) is 4.79 Å². The van der Waals surface area contributed by atoms with Crippen LogP contribution in [-0.4, -0.2) is 22.7 Å². The Balaban J connectivity index is 3.75. The largest absolute Gasteiger partial charge is 0.385 e. The SMILES string of the molecule is COCCC(C)(Br)C(=O)Br. The Morgan fingerprint density at radius 1 is 1.70 bits per heavy atom. The van der Waals surface area contributed by atoms with Crippen LogP contribution in [0.2, 0.25) is 0 Å². The summed E-state index contributed by atoms with van der Waals surface area (Å²) in [6, 6.07) is 0. The van der Waals surface area contributed by atoms with Crippen LogP contribution in [0, 0.1) is 0 Å². The lowest BCUT2D eigenvalue weighted by Crippen LogP contribution is -2.24. The van der Waals surface area contributed by atoms with E-state index in [2.05, 4.69) is 31.9 Å². The van der Waals surface area contributed by atoms with Crippen molar-refractivity contribution in [3.63, 3.8) is 0 Å². The van der Waals surface area contributed by atoms with E-state index in [0.29, 0.717) is 13.0 Å². The van der Waals surface area contributed by atoms with Crippen molar-refractivity contribution in [3.8, 4) is 0 Å². The highest BCUT2D eigenvalue weighted by Crippen LogP contribution is 2.25. The average Bonchev–Trinajstić information content (AvgIpc) is 1.84. The number of hydrogen-bond acceptors (Lipinski definition) is 2. The fourth-order valence-electron chi connectivity index (χ4n) is 0.392. The van der Waals surface area contributed by atoms with Crippen LogP contribution in [0.5, 0.6) is 0 Å². The molecule has 0 amide bonds. The molecule has 0 bridgehead atoms. The second-order valence-electron chi connectivity index (χ2n) is 2.21. The molecule has 0 aromatic heterocycles. The first-order valence-corrected chi connectivity index (χ1v) is 4.47. The third-order valence-corrected chi connectivity index (χ3v) is 3.35. The fraction of sp³-hybridized carbons (Fsp3) is 0.833. The molecule has 0 aromatic rings. The minimum atomic E-state index is -0.483. The summed E-state index contributed by atoms with van der Waals surface area (Å²) in [5, 5.41) is 0. The standard InChI is InChI=1S/C6H10Br2O2/c1-6(8,5(7)9)3-4-10-2/h3-4H2,1-2H3. The molecule has 4 heteroatoms. The van der Waals surface area contributed by atoms with Gasteiger partial charge in [0.15, 0.2) is 0 Å². The van der Waals surface area contributed by atoms with Gasteiger partial charge in [-0.25, -0.2) is 0 Å². The summed E-state index contributed by atoms with van der Waals surface area (Å²) < 4.78 is 4.30. The van der Waals surface area contributed by atoms with Crippen LogP contribution in [0.3, 0.4) is 0 Å². The lowest BCUT2D eigenvalue weighted by Gasteiger charge is -2.15. The zero-order chi connectivity index (χ0) is 8.20. The van der Waals surface area contributed by atoms with Gasteiger partial charge in [0.1, 0.15) is 0 Å². The van der Waals surface area contributed by atoms with Gasteiger partial charge in [0.05, 0.1) is 4.32 Å². The molecule has 0 spiro atoms. The third kappa shape index (κ3) is 3.68. The quantitative estimate of drug-likeness (QED) is 0.579. The number of hydrogen-bond donors (Lipinski definition) is 0. The molecule has 10 heavy (non-hydrogen) atoms. The minimum Gasteiger partial charge on any atom is -0.385 e. The maximum Gasteiger partial charge on any atom is 0.214 e. The molecule has 0 aromatic carbocycles. The van der Waals surface area contributed by atoms with Gasteiger partial charge < -0.3 is 4.74 Å². The van der Waals surface area contributed by atoms with Crippen LogP contribution in [0.25, 0.3) is 0 Å². The van der Waals surface area contributed by atoms with Crippen molar-refractivity contribution in [1.82, 2.24) is 0 Å². The maximum atomic E-state index is 10.8. The van der Waals surface area contributed by atoms with E-state index in [0.717, 1.165) is 0 Å². The van der Waals surface area contributed by atoms with Crippen LogP contribution in [0.4, 0.5) is 0 Å². The van der Waals surface area contributed by atoms with Crippen LogP contribution < -0.4 is 0 Å². The molecule has 0 aliphatic heterocycles. The smallest absolute Gasteiger partial charge is 0.214 e. The van der Waals surface area contributed by atoms with Gasteiger partial charge in [-0.2, -0.15) is 0 Å². The van der Waals surface area contributed by atoms with Crippen molar-refractivity contribution in [2.75, 3.05) is 13.7 Å². The van der Waals surface area contributed by atoms with Crippen molar-refractivity contribution in [2.24, 2.45) is 0 Å². The van der Waals surface area contributed by atoms with Gasteiger partial charge in [0.2, 0.25) is 4.69 Å². The summed E-state index contributed by atoms with van der Waals surface area (Å²) >= 11 is 6.16. The van der Waals surface area contributed by atoms with E-state index in [9.17, 15) is 4.79 Å². The van der Waals surface area contributed by atoms with Crippen LogP contribution in [0.1, 0.15) is 13.3 Å². The molecule has 0 heterocycles. The summed E-state index contributed by atoms with van der Waals surface area (Å²) in [5.41, 5.74) is 0. The number of halogens is 2. The second kappa shape index (κ2) is 4.46. The Morgan fingerprint density at radius 3 is 2.50 bits per heavy atom. The van der Waals surface area contributed by atoms with Crippen LogP contribution >= 0.6 is 31.9 Å². The number of methoxy groups -OCH3 is 1. The van der Waals surface area contributed by atoms with Crippen molar-refractivity contribution in [1.29, 1.82) is 0 Å². The Kier molecular flexibility index (Phi) is 4.73. The van der Waals surface area contributed by atoms with Crippen molar-refractivity contribution >= 4 is 36.6 Å². The molecule has 0 saturated carbocycles. The number of ether oxygens (including phenoxy) is 1. The highest BCUT2D eigenvalue weighted by Gasteiger charge is 2.26. The van der Waals surface area contributed by atoms with E-state index < -0.39 is 4.32 Å². The first-order valence-electron chi connectivity index (χ1n) is 2.88. The van der Waals surface area contributed by atoms with Gasteiger partial charge in [0, 0.05) is 13.7 Å². The number of carbonyl (C=O) groups excluding carboxylic acids is 1. The number of alkyl halides is 1. The Hall–Kier alpha value is 0.590. The van der Waals surface area contributed by atoms with Gasteiger partial charge in [-0.1, -0.05) is 15.9 Å². The molecular formula is C6H10Br2O2. The molecule has 0 rings (SSSR count). The summed E-state index contributed by atoms with van der Waals surface area (Å²) in [5.74, 6) is 0. The average molecular weight is 274 g/mol. The molecule has 60 valence electrons. The first kappa shape index (κ1) is 10.6. The first-order chi connectivity index (χ1) is 4.50. The molecule has 0 fully saturated rings. The topological polar surface area (TPSA) is 26.3 Å². The predicted molar refractivity (Wildman–Crippen MR) is 47.8 cm³/mol. The highest BCUT2D eigenvalue weighted by atomic mass is 79.9. The lowest BCUT2D eigenvalue weighted by molar-refractivity contribution is -0.112. The molecule has 0 saturated heterocycles. The van der Waals surface area contributed by atoms with E-state index in [4.69, 9.17) is 4.74 Å². The zero-order valence-corrected chi connectivity index (χ0v) is 9.16. The normalized spacial score (nSPS) is 16.4. The number of rotatable bonds is 4.